The van der Waals surface area contributed by atoms with Crippen molar-refractivity contribution in [3.8, 4) is 0 Å². The number of aromatic nitrogens is 1. The van der Waals surface area contributed by atoms with Crippen LogP contribution in [0.3, 0.4) is 0 Å². The van der Waals surface area contributed by atoms with Crippen molar-refractivity contribution in [2.75, 3.05) is 11.9 Å². The van der Waals surface area contributed by atoms with Crippen molar-refractivity contribution >= 4 is 27.5 Å². The number of carbonyl (C=O) groups excluding carboxylic acids is 1. The number of anilines is 1. The number of rotatable bonds is 4. The van der Waals surface area contributed by atoms with Gasteiger partial charge >= 0.3 is 0 Å². The molecule has 0 aliphatic carbocycles. The van der Waals surface area contributed by atoms with Crippen LogP contribution in [0.1, 0.15) is 17.5 Å². The maximum atomic E-state index is 12.5. The van der Waals surface area contributed by atoms with E-state index in [1.165, 1.54) is 11.1 Å². The van der Waals surface area contributed by atoms with E-state index in [0.717, 1.165) is 23.1 Å². The lowest BCUT2D eigenvalue weighted by Crippen LogP contribution is -2.33. The largest absolute Gasteiger partial charge is 0.372 e. The summed E-state index contributed by atoms with van der Waals surface area (Å²) in [5.41, 5.74) is 3.27. The van der Waals surface area contributed by atoms with Gasteiger partial charge in [0.15, 0.2) is 0 Å². The zero-order valence-electron chi connectivity index (χ0n) is 12.4. The highest BCUT2D eigenvalue weighted by Gasteiger charge is 2.31. The van der Waals surface area contributed by atoms with Gasteiger partial charge in [0.05, 0.1) is 11.9 Å². The van der Waals surface area contributed by atoms with Crippen molar-refractivity contribution in [3.05, 3.63) is 58.3 Å². The summed E-state index contributed by atoms with van der Waals surface area (Å²) in [5.74, 6) is 0.153. The van der Waals surface area contributed by atoms with Gasteiger partial charge in [-0.15, -0.1) is 0 Å². The summed E-state index contributed by atoms with van der Waals surface area (Å²) in [5, 5.41) is 3.27. The number of amides is 1. The monoisotopic (exact) mass is 359 g/mol. The second kappa shape index (κ2) is 6.48. The molecule has 1 aromatic heterocycles. The van der Waals surface area contributed by atoms with Crippen LogP contribution in [0, 0.1) is 6.92 Å². The number of nitrogens with one attached hydrogen (secondary N) is 1. The number of aryl methyl sites for hydroxylation is 1. The first-order valence-corrected chi connectivity index (χ1v) is 8.12. The van der Waals surface area contributed by atoms with Crippen molar-refractivity contribution in [2.24, 2.45) is 0 Å². The molecule has 0 bridgehead atoms. The third kappa shape index (κ3) is 3.47. The summed E-state index contributed by atoms with van der Waals surface area (Å²) in [6.07, 6.45) is 4.28. The van der Waals surface area contributed by atoms with Gasteiger partial charge in [-0.3, -0.25) is 9.78 Å². The third-order valence-corrected chi connectivity index (χ3v) is 4.27. The summed E-state index contributed by atoms with van der Waals surface area (Å²) >= 11 is 3.39. The van der Waals surface area contributed by atoms with Gasteiger partial charge in [0, 0.05) is 23.8 Å². The fourth-order valence-electron chi connectivity index (χ4n) is 2.64. The molecule has 22 heavy (non-hydrogen) atoms. The highest BCUT2D eigenvalue weighted by Crippen LogP contribution is 2.21. The van der Waals surface area contributed by atoms with Crippen molar-refractivity contribution in [3.63, 3.8) is 0 Å². The van der Waals surface area contributed by atoms with Crippen LogP contribution < -0.4 is 5.32 Å². The quantitative estimate of drug-likeness (QED) is 0.910. The zero-order valence-corrected chi connectivity index (χ0v) is 14.0. The molecule has 1 aliphatic rings. The van der Waals surface area contributed by atoms with Crippen LogP contribution in [0.15, 0.2) is 47.2 Å². The average molecular weight is 360 g/mol. The minimum atomic E-state index is -0.165. The maximum absolute atomic E-state index is 12.5. The Bertz CT molecular complexity index is 672. The van der Waals surface area contributed by atoms with Gasteiger partial charge in [0.1, 0.15) is 6.04 Å². The van der Waals surface area contributed by atoms with Gasteiger partial charge in [-0.1, -0.05) is 29.8 Å². The molecule has 114 valence electrons. The fraction of sp³-hybridized carbons (Fsp3) is 0.294. The lowest BCUT2D eigenvalue weighted by Gasteiger charge is -2.18. The number of hydrogen-bond donors (Lipinski definition) is 1. The van der Waals surface area contributed by atoms with Crippen molar-refractivity contribution in [1.82, 2.24) is 9.88 Å². The van der Waals surface area contributed by atoms with Gasteiger partial charge < -0.3 is 10.2 Å². The number of halogens is 1. The molecule has 1 amide bonds. The molecule has 1 atom stereocenters. The summed E-state index contributed by atoms with van der Waals surface area (Å²) in [6, 6.07) is 10.1. The van der Waals surface area contributed by atoms with E-state index in [9.17, 15) is 4.79 Å². The molecule has 2 aromatic rings. The molecule has 1 unspecified atom stereocenters. The number of pyridine rings is 1. The Balaban J connectivity index is 1.63. The summed E-state index contributed by atoms with van der Waals surface area (Å²) in [7, 11) is 0. The maximum Gasteiger partial charge on any atom is 0.245 e. The molecule has 4 nitrogen and oxygen atoms in total. The van der Waals surface area contributed by atoms with Crippen LogP contribution in [0.25, 0.3) is 0 Å². The number of hydrogen-bond acceptors (Lipinski definition) is 3. The van der Waals surface area contributed by atoms with Crippen LogP contribution >= 0.6 is 15.9 Å². The molecular formula is C17H18BrN3O. The van der Waals surface area contributed by atoms with Gasteiger partial charge in [0.2, 0.25) is 5.91 Å². The number of nitrogens with zero attached hydrogens (tertiary/aromatic N) is 2. The predicted molar refractivity (Wildman–Crippen MR) is 90.6 cm³/mol. The lowest BCUT2D eigenvalue weighted by atomic mass is 10.1. The zero-order chi connectivity index (χ0) is 15.5. The number of benzene rings is 1. The Morgan fingerprint density at radius 3 is 2.82 bits per heavy atom. The Morgan fingerprint density at radius 2 is 2.09 bits per heavy atom. The van der Waals surface area contributed by atoms with E-state index in [-0.39, 0.29) is 11.9 Å². The second-order valence-electron chi connectivity index (χ2n) is 5.62. The Labute approximate surface area is 138 Å². The molecule has 5 heteroatoms. The van der Waals surface area contributed by atoms with Gasteiger partial charge in [-0.2, -0.15) is 0 Å². The molecule has 0 spiro atoms. The predicted octanol–water partition coefficient (Wildman–Crippen LogP) is 3.37. The van der Waals surface area contributed by atoms with Gasteiger partial charge in [-0.05, 0) is 40.9 Å². The van der Waals surface area contributed by atoms with Crippen molar-refractivity contribution < 1.29 is 4.79 Å². The smallest absolute Gasteiger partial charge is 0.245 e. The first-order chi connectivity index (χ1) is 10.6. The first kappa shape index (κ1) is 15.0. The van der Waals surface area contributed by atoms with E-state index in [1.807, 2.05) is 11.0 Å². The van der Waals surface area contributed by atoms with Crippen LogP contribution in [-0.2, 0) is 11.3 Å². The fourth-order valence-corrected chi connectivity index (χ4v) is 3.00. The highest BCUT2D eigenvalue weighted by atomic mass is 79.9. The topological polar surface area (TPSA) is 45.2 Å². The van der Waals surface area contributed by atoms with Crippen LogP contribution in [0.4, 0.5) is 5.69 Å². The molecule has 1 N–H and O–H groups in total. The van der Waals surface area contributed by atoms with Crippen molar-refractivity contribution in [1.29, 1.82) is 0 Å². The molecule has 3 rings (SSSR count). The molecule has 1 aliphatic heterocycles. The normalized spacial score (nSPS) is 17.8. The molecule has 1 fully saturated rings. The molecule has 0 saturated carbocycles. The second-order valence-corrected chi connectivity index (χ2v) is 6.54. The molecular weight excluding hydrogens is 342 g/mol. The van der Waals surface area contributed by atoms with Crippen LogP contribution in [0.2, 0.25) is 0 Å². The van der Waals surface area contributed by atoms with Crippen LogP contribution in [0.5, 0.6) is 0 Å². The van der Waals surface area contributed by atoms with Gasteiger partial charge in [-0.25, -0.2) is 0 Å². The minimum absolute atomic E-state index is 0.153. The summed E-state index contributed by atoms with van der Waals surface area (Å²) in [4.78, 5) is 18.5. The molecule has 0 radical (unpaired) electrons. The minimum Gasteiger partial charge on any atom is -0.372 e. The average Bonchev–Trinajstić information content (AvgIpc) is 2.83. The molecule has 2 heterocycles. The van der Waals surface area contributed by atoms with E-state index in [1.54, 1.807) is 12.4 Å². The molecule has 1 aromatic carbocycles. The van der Waals surface area contributed by atoms with E-state index in [0.29, 0.717) is 6.54 Å². The Morgan fingerprint density at radius 1 is 1.32 bits per heavy atom. The Hall–Kier alpha value is -1.88. The summed E-state index contributed by atoms with van der Waals surface area (Å²) in [6.45, 7) is 3.52. The standard InChI is InChI=1S/C17H18BrN3O/c1-12-2-4-13(5-3-12)11-21-7-6-16(17(21)22)20-15-8-14(18)9-19-10-15/h2-5,8-10,16,20H,6-7,11H2,1H3. The molecule has 1 saturated heterocycles. The van der Waals surface area contributed by atoms with Crippen molar-refractivity contribution in [2.45, 2.75) is 25.9 Å². The Kier molecular flexibility index (Phi) is 4.43. The van der Waals surface area contributed by atoms with E-state index >= 15 is 0 Å². The van der Waals surface area contributed by atoms with Gasteiger partial charge in [0.25, 0.3) is 0 Å². The van der Waals surface area contributed by atoms with E-state index < -0.39 is 0 Å². The van der Waals surface area contributed by atoms with Crippen LogP contribution in [-0.4, -0.2) is 28.4 Å². The lowest BCUT2D eigenvalue weighted by molar-refractivity contribution is -0.128. The number of likely N-dealkylation sites (tertiary alicyclic amines) is 1. The SMILES string of the molecule is Cc1ccc(CN2CCC(Nc3cncc(Br)c3)C2=O)cc1. The van der Waals surface area contributed by atoms with E-state index in [4.69, 9.17) is 0 Å². The number of carbonyl (C=O) groups is 1. The summed E-state index contributed by atoms with van der Waals surface area (Å²) < 4.78 is 0.902. The van der Waals surface area contributed by atoms with E-state index in [2.05, 4.69) is 57.4 Å². The third-order valence-electron chi connectivity index (χ3n) is 3.84. The first-order valence-electron chi connectivity index (χ1n) is 7.33. The highest BCUT2D eigenvalue weighted by molar-refractivity contribution is 9.10.